The topological polar surface area (TPSA) is 55.1 Å². The van der Waals surface area contributed by atoms with E-state index in [9.17, 15) is 4.79 Å². The van der Waals surface area contributed by atoms with Gasteiger partial charge in [0, 0.05) is 11.9 Å². The summed E-state index contributed by atoms with van der Waals surface area (Å²) in [6, 6.07) is 0.341. The molecule has 0 heterocycles. The number of rotatable bonds is 6. The number of alkyl halides is 1. The van der Waals surface area contributed by atoms with E-state index < -0.39 is 0 Å². The first kappa shape index (κ1) is 21.1. The van der Waals surface area contributed by atoms with E-state index in [-0.39, 0.29) is 16.2 Å². The van der Waals surface area contributed by atoms with Gasteiger partial charge in [0.1, 0.15) is 0 Å². The van der Waals surface area contributed by atoms with E-state index >= 15 is 0 Å². The van der Waals surface area contributed by atoms with Crippen LogP contribution >= 0.6 is 11.6 Å². The number of allylic oxidation sites excluding steroid dienone is 4. The van der Waals surface area contributed by atoms with Crippen LogP contribution in [-0.2, 0) is 4.79 Å². The highest BCUT2D eigenvalue weighted by Gasteiger charge is 2.75. The molecule has 6 aliphatic carbocycles. The molecule has 4 heteroatoms. The van der Waals surface area contributed by atoms with Gasteiger partial charge in [0.15, 0.2) is 0 Å². The highest BCUT2D eigenvalue weighted by Crippen LogP contribution is 2.79. The lowest BCUT2D eigenvalue weighted by molar-refractivity contribution is -0.138. The van der Waals surface area contributed by atoms with E-state index in [1.807, 2.05) is 0 Å². The van der Waals surface area contributed by atoms with Crippen LogP contribution in [0.15, 0.2) is 24.3 Å². The van der Waals surface area contributed by atoms with E-state index in [4.69, 9.17) is 17.3 Å². The Kier molecular flexibility index (Phi) is 5.38. The minimum atomic E-state index is -0.190. The smallest absolute Gasteiger partial charge is 0.227 e. The van der Waals surface area contributed by atoms with E-state index in [2.05, 4.69) is 36.5 Å². The summed E-state index contributed by atoms with van der Waals surface area (Å²) in [7, 11) is 0. The predicted molar refractivity (Wildman–Crippen MR) is 123 cm³/mol. The Morgan fingerprint density at radius 3 is 2.57 bits per heavy atom. The van der Waals surface area contributed by atoms with Crippen LogP contribution in [0.1, 0.15) is 71.1 Å². The number of halogens is 1. The summed E-state index contributed by atoms with van der Waals surface area (Å²) >= 11 is 6.39. The lowest BCUT2D eigenvalue weighted by atomic mass is 9.57. The van der Waals surface area contributed by atoms with Crippen molar-refractivity contribution in [1.82, 2.24) is 5.32 Å². The van der Waals surface area contributed by atoms with Crippen molar-refractivity contribution in [2.45, 2.75) is 77.2 Å². The van der Waals surface area contributed by atoms with Crippen LogP contribution in [0.2, 0.25) is 0 Å². The summed E-state index contributed by atoms with van der Waals surface area (Å²) in [5.74, 6) is 3.51. The Hall–Kier alpha value is -0.800. The van der Waals surface area contributed by atoms with Gasteiger partial charge >= 0.3 is 0 Å². The number of hydrogen-bond donors (Lipinski definition) is 2. The minimum Gasteiger partial charge on any atom is -0.353 e. The number of amides is 1. The normalized spacial score (nSPS) is 49.0. The third kappa shape index (κ3) is 3.05. The molecule has 0 aromatic heterocycles. The summed E-state index contributed by atoms with van der Waals surface area (Å²) < 4.78 is 0. The van der Waals surface area contributed by atoms with Crippen LogP contribution in [0.4, 0.5) is 0 Å². The Morgan fingerprint density at radius 2 is 1.87 bits per heavy atom. The van der Waals surface area contributed by atoms with Crippen LogP contribution in [0.5, 0.6) is 0 Å². The maximum Gasteiger partial charge on any atom is 0.227 e. The molecule has 0 spiro atoms. The Balaban J connectivity index is 1.41. The molecule has 0 aliphatic heterocycles. The molecule has 1 amide bonds. The van der Waals surface area contributed by atoms with Gasteiger partial charge in [0.05, 0.1) is 5.41 Å². The quantitative estimate of drug-likeness (QED) is 0.569. The lowest BCUT2D eigenvalue weighted by Crippen LogP contribution is -2.51. The van der Waals surface area contributed by atoms with Crippen LogP contribution in [0.3, 0.4) is 0 Å². The highest BCUT2D eigenvalue weighted by molar-refractivity contribution is 6.17. The van der Waals surface area contributed by atoms with Crippen molar-refractivity contribution >= 4 is 17.5 Å². The maximum atomic E-state index is 14.0. The molecule has 3 nitrogen and oxygen atoms in total. The van der Waals surface area contributed by atoms with Crippen molar-refractivity contribution in [3.63, 3.8) is 0 Å². The van der Waals surface area contributed by atoms with Crippen LogP contribution in [-0.4, -0.2) is 24.4 Å². The zero-order valence-corrected chi connectivity index (χ0v) is 19.3. The van der Waals surface area contributed by atoms with Crippen LogP contribution < -0.4 is 11.1 Å². The monoisotopic (exact) mass is 430 g/mol. The van der Waals surface area contributed by atoms with Gasteiger partial charge in [-0.15, -0.1) is 11.6 Å². The first-order valence-electron chi connectivity index (χ1n) is 12.4. The van der Waals surface area contributed by atoms with Gasteiger partial charge in [-0.25, -0.2) is 0 Å². The zero-order valence-electron chi connectivity index (χ0n) is 18.5. The standard InChI is InChI=1S/C26H39ClN2O/c1-18-4-2-3-5-22(18)24-12-20-13-25(16-24,10-11-27)26(14-20,17-24)23(30)29-21-8-6-19(15-28)7-9-21/h2-5,18-22H,6-17,28H2,1H3,(H,29,30)/t18?,19?,20?,21?,22?,24-,25-,26?/m1/s1. The molecule has 3 N–H and O–H groups in total. The second kappa shape index (κ2) is 7.66. The third-order valence-electron chi connectivity index (χ3n) is 10.0. The lowest BCUT2D eigenvalue weighted by Gasteiger charge is -2.47. The van der Waals surface area contributed by atoms with E-state index in [0.717, 1.165) is 51.5 Å². The first-order valence-corrected chi connectivity index (χ1v) is 12.9. The van der Waals surface area contributed by atoms with Gasteiger partial charge < -0.3 is 11.1 Å². The Labute approximate surface area is 187 Å². The van der Waals surface area contributed by atoms with Crippen molar-refractivity contribution in [2.75, 3.05) is 12.4 Å². The molecule has 0 saturated heterocycles. The summed E-state index contributed by atoms with van der Waals surface area (Å²) in [5.41, 5.74) is 6.08. The van der Waals surface area contributed by atoms with Crippen molar-refractivity contribution in [3.8, 4) is 0 Å². The predicted octanol–water partition coefficient (Wildman–Crippen LogP) is 5.19. The molecule has 30 heavy (non-hydrogen) atoms. The van der Waals surface area contributed by atoms with Crippen molar-refractivity contribution < 1.29 is 4.79 Å². The van der Waals surface area contributed by atoms with Crippen LogP contribution in [0, 0.1) is 39.9 Å². The molecule has 6 atom stereocenters. The molecule has 4 unspecified atom stereocenters. The zero-order chi connectivity index (χ0) is 21.0. The molecule has 6 aliphatic rings. The van der Waals surface area contributed by atoms with E-state index in [1.165, 1.54) is 19.3 Å². The van der Waals surface area contributed by atoms with Crippen LogP contribution in [0.25, 0.3) is 0 Å². The second-order valence-corrected chi connectivity index (χ2v) is 12.0. The average molecular weight is 431 g/mol. The highest BCUT2D eigenvalue weighted by atomic mass is 35.5. The molecule has 0 aromatic carbocycles. The molecule has 0 radical (unpaired) electrons. The van der Waals surface area contributed by atoms with Gasteiger partial charge in [-0.1, -0.05) is 31.2 Å². The number of nitrogens with one attached hydrogen (secondary N) is 1. The van der Waals surface area contributed by atoms with E-state index in [0.29, 0.717) is 41.5 Å². The minimum absolute atomic E-state index is 0.116. The van der Waals surface area contributed by atoms with Crippen molar-refractivity contribution in [1.29, 1.82) is 0 Å². The largest absolute Gasteiger partial charge is 0.353 e. The van der Waals surface area contributed by atoms with E-state index in [1.54, 1.807) is 0 Å². The Bertz CT molecular complexity index is 741. The molecule has 5 fully saturated rings. The second-order valence-electron chi connectivity index (χ2n) is 11.6. The molecule has 6 rings (SSSR count). The molecule has 166 valence electrons. The molecular formula is C26H39ClN2O. The number of hydrogen-bond acceptors (Lipinski definition) is 2. The van der Waals surface area contributed by atoms with Gasteiger partial charge in [0.25, 0.3) is 0 Å². The first-order chi connectivity index (χ1) is 14.5. The summed E-state index contributed by atoms with van der Waals surface area (Å²) in [6.45, 7) is 3.15. The number of nitrogens with two attached hydrogens (primary N) is 1. The fraction of sp³-hybridized carbons (Fsp3) is 0.808. The van der Waals surface area contributed by atoms with Crippen molar-refractivity contribution in [2.24, 2.45) is 45.7 Å². The maximum absolute atomic E-state index is 14.0. The number of carbonyl (C=O) groups is 1. The SMILES string of the molecule is CC1C=CC=CC1[C@@]12CC3CC(C(=O)NC4CCC(CN)CC4)(C1)[C@](CCCl)(C3)C2. The van der Waals surface area contributed by atoms with Gasteiger partial charge in [-0.2, -0.15) is 0 Å². The third-order valence-corrected chi connectivity index (χ3v) is 10.2. The van der Waals surface area contributed by atoms with Gasteiger partial charge in [0.2, 0.25) is 5.91 Å². The fourth-order valence-electron chi connectivity index (χ4n) is 8.97. The molecule has 5 saturated carbocycles. The summed E-state index contributed by atoms with van der Waals surface area (Å²) in [4.78, 5) is 14.0. The van der Waals surface area contributed by atoms with Gasteiger partial charge in [-0.05, 0) is 105 Å². The average Bonchev–Trinajstić information content (AvgIpc) is 3.07. The van der Waals surface area contributed by atoms with Gasteiger partial charge in [-0.3, -0.25) is 4.79 Å². The molecular weight excluding hydrogens is 392 g/mol. The number of carbonyl (C=O) groups excluding carboxylic acids is 1. The summed E-state index contributed by atoms with van der Waals surface area (Å²) in [5, 5.41) is 3.57. The summed E-state index contributed by atoms with van der Waals surface area (Å²) in [6.07, 6.45) is 20.6. The fourth-order valence-corrected chi connectivity index (χ4v) is 9.34. The molecule has 4 bridgehead atoms. The Morgan fingerprint density at radius 1 is 1.10 bits per heavy atom. The van der Waals surface area contributed by atoms with Crippen molar-refractivity contribution in [3.05, 3.63) is 24.3 Å². The molecule has 0 aromatic rings.